The van der Waals surface area contributed by atoms with E-state index in [0.717, 1.165) is 24.8 Å². The summed E-state index contributed by atoms with van der Waals surface area (Å²) in [6, 6.07) is 8.51. The summed E-state index contributed by atoms with van der Waals surface area (Å²) in [5.74, 6) is -0.0370. The van der Waals surface area contributed by atoms with Crippen LogP contribution in [0.3, 0.4) is 0 Å². The van der Waals surface area contributed by atoms with Crippen molar-refractivity contribution in [2.45, 2.75) is 31.4 Å². The first-order valence-corrected chi connectivity index (χ1v) is 8.20. The standard InChI is InChI=1S/C18H21N3O2/c1-21-11-13(10-19-21)17-15(8-9-23-17)18(22)20-16-7-6-12-4-2-3-5-14(12)16/h2-5,10-11,15-17H,6-9H2,1H3,(H,20,22)/t15-,16?,17+/m0/s1. The van der Waals surface area contributed by atoms with E-state index in [2.05, 4.69) is 28.6 Å². The monoisotopic (exact) mass is 311 g/mol. The molecule has 1 aromatic carbocycles. The number of carbonyl (C=O) groups is 1. The quantitative estimate of drug-likeness (QED) is 0.946. The zero-order valence-electron chi connectivity index (χ0n) is 13.2. The first kappa shape index (κ1) is 14.5. The highest BCUT2D eigenvalue weighted by molar-refractivity contribution is 5.80. The summed E-state index contributed by atoms with van der Waals surface area (Å²) in [7, 11) is 1.88. The lowest BCUT2D eigenvalue weighted by Gasteiger charge is -2.20. The number of aromatic nitrogens is 2. The van der Waals surface area contributed by atoms with Gasteiger partial charge >= 0.3 is 0 Å². The average molecular weight is 311 g/mol. The SMILES string of the molecule is Cn1cc([C@H]2OCC[C@@H]2C(=O)NC2CCc3ccccc32)cn1. The Morgan fingerprint density at radius 1 is 1.35 bits per heavy atom. The van der Waals surface area contributed by atoms with Crippen molar-refractivity contribution < 1.29 is 9.53 Å². The number of nitrogens with zero attached hydrogens (tertiary/aromatic N) is 2. The lowest BCUT2D eigenvalue weighted by atomic mass is 9.95. The number of fused-ring (bicyclic) bond motifs is 1. The summed E-state index contributed by atoms with van der Waals surface area (Å²) >= 11 is 0. The minimum absolute atomic E-state index is 0.0954. The van der Waals surface area contributed by atoms with Crippen LogP contribution in [-0.2, 0) is 23.0 Å². The van der Waals surface area contributed by atoms with Gasteiger partial charge in [-0.05, 0) is 30.4 Å². The van der Waals surface area contributed by atoms with Gasteiger partial charge in [-0.3, -0.25) is 9.48 Å². The Balaban J connectivity index is 1.49. The van der Waals surface area contributed by atoms with Gasteiger partial charge in [0.05, 0.1) is 24.3 Å². The normalized spacial score (nSPS) is 26.2. The molecule has 2 heterocycles. The van der Waals surface area contributed by atoms with Crippen LogP contribution in [0.1, 0.15) is 41.7 Å². The van der Waals surface area contributed by atoms with E-state index in [-0.39, 0.29) is 24.0 Å². The van der Waals surface area contributed by atoms with Gasteiger partial charge in [-0.2, -0.15) is 5.10 Å². The number of ether oxygens (including phenoxy) is 1. The van der Waals surface area contributed by atoms with Crippen LogP contribution in [-0.4, -0.2) is 22.3 Å². The average Bonchev–Trinajstić information content (AvgIpc) is 3.26. The molecule has 1 fully saturated rings. The van der Waals surface area contributed by atoms with Crippen molar-refractivity contribution in [2.75, 3.05) is 6.61 Å². The smallest absolute Gasteiger partial charge is 0.226 e. The molecule has 120 valence electrons. The van der Waals surface area contributed by atoms with Crippen molar-refractivity contribution in [3.8, 4) is 0 Å². The Labute approximate surface area is 135 Å². The first-order valence-electron chi connectivity index (χ1n) is 8.20. The fourth-order valence-electron chi connectivity index (χ4n) is 3.76. The molecule has 1 unspecified atom stereocenters. The molecule has 0 saturated carbocycles. The molecule has 1 amide bonds. The molecule has 1 N–H and O–H groups in total. The third-order valence-electron chi connectivity index (χ3n) is 4.93. The molecular weight excluding hydrogens is 290 g/mol. The van der Waals surface area contributed by atoms with Gasteiger partial charge in [0.1, 0.15) is 0 Å². The zero-order valence-corrected chi connectivity index (χ0v) is 13.2. The largest absolute Gasteiger partial charge is 0.373 e. The summed E-state index contributed by atoms with van der Waals surface area (Å²) in [6.45, 7) is 0.624. The third kappa shape index (κ3) is 2.65. The zero-order chi connectivity index (χ0) is 15.8. The van der Waals surface area contributed by atoms with Gasteiger partial charge in [0.2, 0.25) is 5.91 Å². The predicted octanol–water partition coefficient (Wildman–Crippen LogP) is 2.30. The molecule has 3 atom stereocenters. The van der Waals surface area contributed by atoms with Gasteiger partial charge in [0.25, 0.3) is 0 Å². The molecule has 0 bridgehead atoms. The van der Waals surface area contributed by atoms with Crippen LogP contribution in [0.15, 0.2) is 36.7 Å². The fraction of sp³-hybridized carbons (Fsp3) is 0.444. The Bertz CT molecular complexity index is 725. The molecule has 1 aromatic heterocycles. The lowest BCUT2D eigenvalue weighted by Crippen LogP contribution is -2.34. The number of aryl methyl sites for hydroxylation is 2. The maximum absolute atomic E-state index is 12.8. The maximum Gasteiger partial charge on any atom is 0.226 e. The maximum atomic E-state index is 12.8. The Morgan fingerprint density at radius 3 is 3.04 bits per heavy atom. The van der Waals surface area contributed by atoms with Crippen LogP contribution in [0, 0.1) is 5.92 Å². The molecule has 0 spiro atoms. The van der Waals surface area contributed by atoms with Crippen LogP contribution in [0.2, 0.25) is 0 Å². The van der Waals surface area contributed by atoms with E-state index in [0.29, 0.717) is 6.61 Å². The molecule has 1 aliphatic carbocycles. The number of rotatable bonds is 3. The van der Waals surface area contributed by atoms with Gasteiger partial charge in [-0.1, -0.05) is 24.3 Å². The predicted molar refractivity (Wildman–Crippen MR) is 85.7 cm³/mol. The second-order valence-electron chi connectivity index (χ2n) is 6.43. The molecule has 23 heavy (non-hydrogen) atoms. The number of hydrogen-bond acceptors (Lipinski definition) is 3. The second-order valence-corrected chi connectivity index (χ2v) is 6.43. The highest BCUT2D eigenvalue weighted by Crippen LogP contribution is 2.36. The molecule has 2 aliphatic rings. The summed E-state index contributed by atoms with van der Waals surface area (Å²) in [5, 5.41) is 7.43. The van der Waals surface area contributed by atoms with Gasteiger partial charge in [-0.25, -0.2) is 0 Å². The summed E-state index contributed by atoms with van der Waals surface area (Å²) in [4.78, 5) is 12.8. The van der Waals surface area contributed by atoms with Crippen LogP contribution < -0.4 is 5.32 Å². The summed E-state index contributed by atoms with van der Waals surface area (Å²) in [6.07, 6.45) is 6.33. The Kier molecular flexibility index (Phi) is 3.65. The minimum Gasteiger partial charge on any atom is -0.373 e. The highest BCUT2D eigenvalue weighted by Gasteiger charge is 2.37. The second kappa shape index (κ2) is 5.81. The molecule has 5 heteroatoms. The van der Waals surface area contributed by atoms with Crippen molar-refractivity contribution in [3.05, 3.63) is 53.3 Å². The topological polar surface area (TPSA) is 56.1 Å². The number of nitrogens with one attached hydrogen (secondary N) is 1. The summed E-state index contributed by atoms with van der Waals surface area (Å²) in [5.41, 5.74) is 3.60. The molecule has 4 rings (SSSR count). The van der Waals surface area contributed by atoms with Crippen LogP contribution >= 0.6 is 0 Å². The summed E-state index contributed by atoms with van der Waals surface area (Å²) < 4.78 is 7.56. The molecule has 5 nitrogen and oxygen atoms in total. The van der Waals surface area contributed by atoms with Crippen molar-refractivity contribution >= 4 is 5.91 Å². The van der Waals surface area contributed by atoms with E-state index in [1.54, 1.807) is 10.9 Å². The van der Waals surface area contributed by atoms with E-state index in [9.17, 15) is 4.79 Å². The van der Waals surface area contributed by atoms with Crippen molar-refractivity contribution in [1.29, 1.82) is 0 Å². The molecule has 1 saturated heterocycles. The Hall–Kier alpha value is -2.14. The van der Waals surface area contributed by atoms with Crippen molar-refractivity contribution in [2.24, 2.45) is 13.0 Å². The van der Waals surface area contributed by atoms with E-state index < -0.39 is 0 Å². The minimum atomic E-state index is -0.180. The number of benzene rings is 1. The molecular formula is C18H21N3O2. The van der Waals surface area contributed by atoms with Crippen LogP contribution in [0.5, 0.6) is 0 Å². The molecule has 1 aliphatic heterocycles. The van der Waals surface area contributed by atoms with E-state index in [1.165, 1.54) is 11.1 Å². The van der Waals surface area contributed by atoms with Crippen LogP contribution in [0.4, 0.5) is 0 Å². The van der Waals surface area contributed by atoms with E-state index >= 15 is 0 Å². The third-order valence-corrected chi connectivity index (χ3v) is 4.93. The Morgan fingerprint density at radius 2 is 2.22 bits per heavy atom. The van der Waals surface area contributed by atoms with Crippen molar-refractivity contribution in [1.82, 2.24) is 15.1 Å². The van der Waals surface area contributed by atoms with Gasteiger partial charge < -0.3 is 10.1 Å². The van der Waals surface area contributed by atoms with E-state index in [4.69, 9.17) is 4.74 Å². The first-order chi connectivity index (χ1) is 11.2. The highest BCUT2D eigenvalue weighted by atomic mass is 16.5. The molecule has 0 radical (unpaired) electrons. The number of hydrogen-bond donors (Lipinski definition) is 1. The number of carbonyl (C=O) groups excluding carboxylic acids is 1. The fourth-order valence-corrected chi connectivity index (χ4v) is 3.76. The van der Waals surface area contributed by atoms with Gasteiger partial charge in [0.15, 0.2) is 0 Å². The van der Waals surface area contributed by atoms with Crippen LogP contribution in [0.25, 0.3) is 0 Å². The van der Waals surface area contributed by atoms with E-state index in [1.807, 2.05) is 19.3 Å². The van der Waals surface area contributed by atoms with Crippen molar-refractivity contribution in [3.63, 3.8) is 0 Å². The van der Waals surface area contributed by atoms with Gasteiger partial charge in [-0.15, -0.1) is 0 Å². The lowest BCUT2D eigenvalue weighted by molar-refractivity contribution is -0.127. The number of amides is 1. The van der Waals surface area contributed by atoms with Gasteiger partial charge in [0, 0.05) is 25.4 Å². The molecule has 2 aromatic rings.